The molecule has 0 saturated carbocycles. The van der Waals surface area contributed by atoms with Crippen LogP contribution in [0.2, 0.25) is 0 Å². The highest BCUT2D eigenvalue weighted by Crippen LogP contribution is 2.13. The molecule has 0 bridgehead atoms. The third-order valence-corrected chi connectivity index (χ3v) is 3.76. The molecule has 1 aromatic rings. The van der Waals surface area contributed by atoms with Gasteiger partial charge in [0.15, 0.2) is 0 Å². The molecule has 0 aliphatic carbocycles. The van der Waals surface area contributed by atoms with E-state index in [9.17, 15) is 4.79 Å². The summed E-state index contributed by atoms with van der Waals surface area (Å²) in [4.78, 5) is 10.8. The first-order chi connectivity index (χ1) is 8.10. The zero-order valence-electron chi connectivity index (χ0n) is 9.84. The Morgan fingerprint density at radius 1 is 1.65 bits per heavy atom. The van der Waals surface area contributed by atoms with Gasteiger partial charge in [0.05, 0.1) is 12.9 Å². The Labute approximate surface area is 104 Å². The van der Waals surface area contributed by atoms with E-state index >= 15 is 0 Å². The minimum Gasteiger partial charge on any atom is -0.475 e. The van der Waals surface area contributed by atoms with Gasteiger partial charge in [-0.1, -0.05) is 0 Å². The molecule has 5 nitrogen and oxygen atoms in total. The van der Waals surface area contributed by atoms with Crippen molar-refractivity contribution in [3.8, 4) is 0 Å². The van der Waals surface area contributed by atoms with Crippen molar-refractivity contribution in [1.82, 2.24) is 5.32 Å². The summed E-state index contributed by atoms with van der Waals surface area (Å²) >= 11 is 1.57. The van der Waals surface area contributed by atoms with E-state index in [1.54, 1.807) is 17.8 Å². The summed E-state index contributed by atoms with van der Waals surface area (Å²) in [5.41, 5.74) is 0.613. The lowest BCUT2D eigenvalue weighted by Gasteiger charge is -2.21. The van der Waals surface area contributed by atoms with Gasteiger partial charge in [-0.2, -0.15) is 11.8 Å². The van der Waals surface area contributed by atoms with Crippen LogP contribution in [0.3, 0.4) is 0 Å². The van der Waals surface area contributed by atoms with E-state index in [4.69, 9.17) is 14.6 Å². The average Bonchev–Trinajstić information content (AvgIpc) is 2.76. The van der Waals surface area contributed by atoms with Crippen LogP contribution in [-0.2, 0) is 6.54 Å². The molecule has 0 spiro atoms. The maximum Gasteiger partial charge on any atom is 0.372 e. The van der Waals surface area contributed by atoms with Gasteiger partial charge in [-0.15, -0.1) is 0 Å². The van der Waals surface area contributed by atoms with Gasteiger partial charge < -0.3 is 19.9 Å². The van der Waals surface area contributed by atoms with E-state index in [2.05, 4.69) is 5.32 Å². The Bertz CT molecular complexity index is 362. The maximum absolute atomic E-state index is 10.8. The Morgan fingerprint density at radius 3 is 2.88 bits per heavy atom. The Balaban J connectivity index is 2.55. The topological polar surface area (TPSA) is 82.7 Å². The van der Waals surface area contributed by atoms with Crippen LogP contribution in [0.25, 0.3) is 0 Å². The second-order valence-electron chi connectivity index (χ2n) is 3.71. The van der Waals surface area contributed by atoms with Crippen LogP contribution in [0.4, 0.5) is 0 Å². The zero-order chi connectivity index (χ0) is 12.8. The fraction of sp³-hybridized carbons (Fsp3) is 0.545. The zero-order valence-corrected chi connectivity index (χ0v) is 10.7. The second kappa shape index (κ2) is 6.68. The standard InChI is InChI=1S/C11H17NO4S/c1-7(9(6-13)17-2)12-5-8-3-4-16-10(8)11(14)15/h3-4,7,9,12-13H,5-6H2,1-2H3,(H,14,15). The predicted octanol–water partition coefficient (Wildman–Crippen LogP) is 1.18. The molecule has 1 rings (SSSR count). The Morgan fingerprint density at radius 2 is 2.35 bits per heavy atom. The number of nitrogens with one attached hydrogen (secondary N) is 1. The summed E-state index contributed by atoms with van der Waals surface area (Å²) in [6.45, 7) is 2.46. The van der Waals surface area contributed by atoms with E-state index in [0.717, 1.165) is 0 Å². The number of rotatable bonds is 7. The molecule has 0 amide bonds. The van der Waals surface area contributed by atoms with Gasteiger partial charge in [0, 0.05) is 23.4 Å². The fourth-order valence-electron chi connectivity index (χ4n) is 1.50. The van der Waals surface area contributed by atoms with Crippen LogP contribution >= 0.6 is 11.8 Å². The molecule has 0 aromatic carbocycles. The fourth-order valence-corrected chi connectivity index (χ4v) is 2.16. The van der Waals surface area contributed by atoms with E-state index in [0.29, 0.717) is 12.1 Å². The van der Waals surface area contributed by atoms with Gasteiger partial charge in [-0.3, -0.25) is 0 Å². The first-order valence-electron chi connectivity index (χ1n) is 5.26. The summed E-state index contributed by atoms with van der Waals surface area (Å²) in [6, 6.07) is 1.72. The van der Waals surface area contributed by atoms with Gasteiger partial charge >= 0.3 is 5.97 Å². The smallest absolute Gasteiger partial charge is 0.372 e. The van der Waals surface area contributed by atoms with Crippen molar-refractivity contribution >= 4 is 17.7 Å². The van der Waals surface area contributed by atoms with Crippen LogP contribution in [0.1, 0.15) is 23.0 Å². The number of furan rings is 1. The first kappa shape index (κ1) is 14.1. The van der Waals surface area contributed by atoms with Gasteiger partial charge in [-0.05, 0) is 19.2 Å². The van der Waals surface area contributed by atoms with Gasteiger partial charge in [-0.25, -0.2) is 4.79 Å². The highest BCUT2D eigenvalue weighted by atomic mass is 32.2. The number of carboxylic acid groups (broad SMARTS) is 1. The third-order valence-electron chi connectivity index (χ3n) is 2.60. The van der Waals surface area contributed by atoms with Crippen molar-refractivity contribution in [1.29, 1.82) is 0 Å². The highest BCUT2D eigenvalue weighted by Gasteiger charge is 2.17. The molecule has 6 heteroatoms. The largest absolute Gasteiger partial charge is 0.475 e. The molecular formula is C11H17NO4S. The van der Waals surface area contributed by atoms with E-state index in [1.165, 1.54) is 6.26 Å². The highest BCUT2D eigenvalue weighted by molar-refractivity contribution is 7.99. The molecule has 2 unspecified atom stereocenters. The SMILES string of the molecule is CSC(CO)C(C)NCc1ccoc1C(=O)O. The molecular weight excluding hydrogens is 242 g/mol. The quantitative estimate of drug-likeness (QED) is 0.682. The van der Waals surface area contributed by atoms with Crippen molar-refractivity contribution in [3.63, 3.8) is 0 Å². The molecule has 3 N–H and O–H groups in total. The summed E-state index contributed by atoms with van der Waals surface area (Å²) in [5, 5.41) is 21.2. The molecule has 1 aromatic heterocycles. The number of aliphatic hydroxyl groups excluding tert-OH is 1. The number of hydrogen-bond donors (Lipinski definition) is 3. The average molecular weight is 259 g/mol. The number of carboxylic acids is 1. The summed E-state index contributed by atoms with van der Waals surface area (Å²) in [5.74, 6) is -1.10. The molecule has 0 saturated heterocycles. The van der Waals surface area contributed by atoms with Crippen molar-refractivity contribution in [3.05, 3.63) is 23.7 Å². The van der Waals surface area contributed by atoms with Crippen molar-refractivity contribution in [2.75, 3.05) is 12.9 Å². The molecule has 2 atom stereocenters. The van der Waals surface area contributed by atoms with E-state index < -0.39 is 5.97 Å². The summed E-state index contributed by atoms with van der Waals surface area (Å²) < 4.78 is 4.88. The monoisotopic (exact) mass is 259 g/mol. The van der Waals surface area contributed by atoms with E-state index in [1.807, 2.05) is 13.2 Å². The van der Waals surface area contributed by atoms with Gasteiger partial charge in [0.1, 0.15) is 0 Å². The van der Waals surface area contributed by atoms with Crippen LogP contribution in [0.15, 0.2) is 16.7 Å². The number of hydrogen-bond acceptors (Lipinski definition) is 5. The van der Waals surface area contributed by atoms with E-state index in [-0.39, 0.29) is 23.7 Å². The predicted molar refractivity (Wildman–Crippen MR) is 66.4 cm³/mol. The van der Waals surface area contributed by atoms with Crippen molar-refractivity contribution in [2.45, 2.75) is 24.8 Å². The molecule has 0 aliphatic heterocycles. The lowest BCUT2D eigenvalue weighted by atomic mass is 10.2. The molecule has 17 heavy (non-hydrogen) atoms. The number of aliphatic hydroxyl groups is 1. The van der Waals surface area contributed by atoms with Crippen LogP contribution < -0.4 is 5.32 Å². The van der Waals surface area contributed by atoms with Crippen molar-refractivity contribution in [2.24, 2.45) is 0 Å². The van der Waals surface area contributed by atoms with Gasteiger partial charge in [0.25, 0.3) is 0 Å². The second-order valence-corrected chi connectivity index (χ2v) is 4.78. The van der Waals surface area contributed by atoms with Crippen LogP contribution in [0, 0.1) is 0 Å². The molecule has 0 aliphatic rings. The Hall–Kier alpha value is -0.980. The number of carbonyl (C=O) groups is 1. The summed E-state index contributed by atoms with van der Waals surface area (Å²) in [7, 11) is 0. The van der Waals surface area contributed by atoms with Crippen molar-refractivity contribution < 1.29 is 19.4 Å². The van der Waals surface area contributed by atoms with Crippen LogP contribution in [0.5, 0.6) is 0 Å². The third kappa shape index (κ3) is 3.76. The normalized spacial score (nSPS) is 14.5. The molecule has 0 fully saturated rings. The van der Waals surface area contributed by atoms with Crippen LogP contribution in [-0.4, -0.2) is 40.3 Å². The van der Waals surface area contributed by atoms with Gasteiger partial charge in [0.2, 0.25) is 5.76 Å². The Kier molecular flexibility index (Phi) is 5.54. The number of thioether (sulfide) groups is 1. The lowest BCUT2D eigenvalue weighted by Crippen LogP contribution is -2.37. The molecule has 1 heterocycles. The minimum absolute atomic E-state index is 0.0330. The minimum atomic E-state index is -1.07. The maximum atomic E-state index is 10.8. The first-order valence-corrected chi connectivity index (χ1v) is 6.55. The summed E-state index contributed by atoms with van der Waals surface area (Å²) in [6.07, 6.45) is 3.29. The lowest BCUT2D eigenvalue weighted by molar-refractivity contribution is 0.0660. The molecule has 0 radical (unpaired) electrons. The molecule has 96 valence electrons. The number of aromatic carboxylic acids is 1.